The molecule has 0 saturated carbocycles. The fourth-order valence-corrected chi connectivity index (χ4v) is 2.52. The summed E-state index contributed by atoms with van der Waals surface area (Å²) in [7, 11) is 0. The lowest BCUT2D eigenvalue weighted by atomic mass is 9.95. The smallest absolute Gasteiger partial charge is 0.249 e. The lowest BCUT2D eigenvalue weighted by Crippen LogP contribution is -2.44. The zero-order valence-corrected chi connectivity index (χ0v) is 11.6. The van der Waals surface area contributed by atoms with Crippen molar-refractivity contribution in [2.24, 2.45) is 5.92 Å². The number of β-amino-alcohol motifs (C(OH)–C–C–N with tert-alkyl or cyclic N) is 1. The summed E-state index contributed by atoms with van der Waals surface area (Å²) in [6, 6.07) is 3.68. The van der Waals surface area contributed by atoms with E-state index < -0.39 is 6.10 Å². The van der Waals surface area contributed by atoms with E-state index in [9.17, 15) is 5.11 Å². The highest BCUT2D eigenvalue weighted by Crippen LogP contribution is 2.20. The highest BCUT2D eigenvalue weighted by molar-refractivity contribution is 5.49. The van der Waals surface area contributed by atoms with Gasteiger partial charge in [0.05, 0.1) is 18.2 Å². The Kier molecular flexibility index (Phi) is 4.23. The molecule has 7 heteroatoms. The van der Waals surface area contributed by atoms with E-state index in [0.717, 1.165) is 18.5 Å². The SMILES string of the molecule is OC[C@H]1CCN(Cc2nnc(-c3cccnc3)o2)C[C@@H]1O. The van der Waals surface area contributed by atoms with Crippen LogP contribution in [-0.4, -0.2) is 56.1 Å². The molecule has 3 heterocycles. The molecule has 1 aliphatic heterocycles. The van der Waals surface area contributed by atoms with E-state index in [0.29, 0.717) is 24.9 Å². The fourth-order valence-electron chi connectivity index (χ4n) is 2.52. The second-order valence-corrected chi connectivity index (χ2v) is 5.28. The molecule has 1 fully saturated rings. The van der Waals surface area contributed by atoms with Crippen LogP contribution in [0.2, 0.25) is 0 Å². The molecule has 3 rings (SSSR count). The Hall–Kier alpha value is -1.83. The Morgan fingerprint density at radius 2 is 2.29 bits per heavy atom. The molecule has 2 N–H and O–H groups in total. The number of aromatic nitrogens is 3. The lowest BCUT2D eigenvalue weighted by Gasteiger charge is -2.34. The van der Waals surface area contributed by atoms with E-state index in [4.69, 9.17) is 9.52 Å². The van der Waals surface area contributed by atoms with Crippen LogP contribution in [0.5, 0.6) is 0 Å². The van der Waals surface area contributed by atoms with Crippen molar-refractivity contribution in [2.75, 3.05) is 19.7 Å². The molecule has 2 aromatic heterocycles. The second-order valence-electron chi connectivity index (χ2n) is 5.28. The summed E-state index contributed by atoms with van der Waals surface area (Å²) in [5.41, 5.74) is 0.787. The van der Waals surface area contributed by atoms with Crippen LogP contribution in [0.4, 0.5) is 0 Å². The molecule has 0 bridgehead atoms. The molecule has 21 heavy (non-hydrogen) atoms. The van der Waals surface area contributed by atoms with Gasteiger partial charge in [-0.3, -0.25) is 9.88 Å². The topological polar surface area (TPSA) is 95.5 Å². The van der Waals surface area contributed by atoms with Gasteiger partial charge in [-0.15, -0.1) is 10.2 Å². The van der Waals surface area contributed by atoms with Gasteiger partial charge in [-0.2, -0.15) is 0 Å². The highest BCUT2D eigenvalue weighted by atomic mass is 16.4. The zero-order chi connectivity index (χ0) is 14.7. The maximum absolute atomic E-state index is 9.92. The molecule has 2 aromatic rings. The normalized spacial score (nSPS) is 23.3. The monoisotopic (exact) mass is 290 g/mol. The second kappa shape index (κ2) is 6.30. The molecular weight excluding hydrogens is 272 g/mol. The first kappa shape index (κ1) is 14.1. The maximum Gasteiger partial charge on any atom is 0.249 e. The van der Waals surface area contributed by atoms with Gasteiger partial charge in [0.25, 0.3) is 0 Å². The van der Waals surface area contributed by atoms with Gasteiger partial charge in [0.1, 0.15) is 0 Å². The molecule has 0 radical (unpaired) electrons. The van der Waals surface area contributed by atoms with Crippen molar-refractivity contribution in [3.63, 3.8) is 0 Å². The van der Waals surface area contributed by atoms with Gasteiger partial charge in [-0.05, 0) is 25.1 Å². The molecule has 7 nitrogen and oxygen atoms in total. The summed E-state index contributed by atoms with van der Waals surface area (Å²) < 4.78 is 5.63. The van der Waals surface area contributed by atoms with Crippen molar-refractivity contribution < 1.29 is 14.6 Å². The third-order valence-corrected chi connectivity index (χ3v) is 3.77. The van der Waals surface area contributed by atoms with Crippen LogP contribution < -0.4 is 0 Å². The summed E-state index contributed by atoms with van der Waals surface area (Å²) in [5.74, 6) is 0.933. The molecule has 0 spiro atoms. The van der Waals surface area contributed by atoms with Gasteiger partial charge in [-0.1, -0.05) is 0 Å². The molecule has 0 unspecified atom stereocenters. The number of aliphatic hydroxyl groups is 2. The zero-order valence-electron chi connectivity index (χ0n) is 11.6. The first-order valence-electron chi connectivity index (χ1n) is 7.00. The van der Waals surface area contributed by atoms with Crippen molar-refractivity contribution in [2.45, 2.75) is 19.1 Å². The van der Waals surface area contributed by atoms with Crippen LogP contribution in [0.3, 0.4) is 0 Å². The maximum atomic E-state index is 9.92. The van der Waals surface area contributed by atoms with Crippen molar-refractivity contribution in [3.05, 3.63) is 30.4 Å². The first-order valence-corrected chi connectivity index (χ1v) is 7.00. The third kappa shape index (κ3) is 3.26. The van der Waals surface area contributed by atoms with E-state index in [-0.39, 0.29) is 12.5 Å². The largest absolute Gasteiger partial charge is 0.419 e. The summed E-state index contributed by atoms with van der Waals surface area (Å²) in [5, 5.41) is 27.1. The number of piperidine rings is 1. The van der Waals surface area contributed by atoms with Gasteiger partial charge >= 0.3 is 0 Å². The summed E-state index contributed by atoms with van der Waals surface area (Å²) in [6.07, 6.45) is 3.62. The van der Waals surface area contributed by atoms with E-state index in [2.05, 4.69) is 20.1 Å². The van der Waals surface area contributed by atoms with Gasteiger partial charge in [-0.25, -0.2) is 0 Å². The number of pyridine rings is 1. The minimum atomic E-state index is -0.510. The molecule has 1 aliphatic rings. The van der Waals surface area contributed by atoms with Crippen LogP contribution in [0.15, 0.2) is 28.9 Å². The average Bonchev–Trinajstić information content (AvgIpc) is 2.97. The lowest BCUT2D eigenvalue weighted by molar-refractivity contribution is -0.00666. The van der Waals surface area contributed by atoms with Gasteiger partial charge < -0.3 is 14.6 Å². The van der Waals surface area contributed by atoms with E-state index in [1.54, 1.807) is 12.4 Å². The minimum Gasteiger partial charge on any atom is -0.419 e. The predicted molar refractivity (Wildman–Crippen MR) is 74.0 cm³/mol. The van der Waals surface area contributed by atoms with Crippen molar-refractivity contribution >= 4 is 0 Å². The minimum absolute atomic E-state index is 0.0285. The summed E-state index contributed by atoms with van der Waals surface area (Å²) in [6.45, 7) is 1.84. The Morgan fingerprint density at radius 1 is 1.38 bits per heavy atom. The quantitative estimate of drug-likeness (QED) is 0.836. The summed E-state index contributed by atoms with van der Waals surface area (Å²) in [4.78, 5) is 6.07. The van der Waals surface area contributed by atoms with E-state index in [1.807, 2.05) is 12.1 Å². The average molecular weight is 290 g/mol. The van der Waals surface area contributed by atoms with Gasteiger partial charge in [0.15, 0.2) is 0 Å². The standard InChI is InChI=1S/C14H18N4O3/c19-9-11-3-5-18(7-12(11)20)8-13-16-17-14(21-13)10-2-1-4-15-6-10/h1-2,4,6,11-12,19-20H,3,5,7-9H2/t11-,12+/m1/s1. The van der Waals surface area contributed by atoms with Crippen LogP contribution in [0, 0.1) is 5.92 Å². The Balaban J connectivity index is 1.63. The number of aliphatic hydroxyl groups excluding tert-OH is 2. The van der Waals surface area contributed by atoms with Crippen LogP contribution in [-0.2, 0) is 6.54 Å². The molecule has 2 atom stereocenters. The molecule has 0 aromatic carbocycles. The van der Waals surface area contributed by atoms with Crippen LogP contribution >= 0.6 is 0 Å². The number of likely N-dealkylation sites (tertiary alicyclic amines) is 1. The number of hydrogen-bond acceptors (Lipinski definition) is 7. The van der Waals surface area contributed by atoms with Crippen molar-refractivity contribution in [3.8, 4) is 11.5 Å². The molecule has 0 aliphatic carbocycles. The van der Waals surface area contributed by atoms with Crippen LogP contribution in [0.1, 0.15) is 12.3 Å². The fraction of sp³-hybridized carbons (Fsp3) is 0.500. The molecule has 1 saturated heterocycles. The third-order valence-electron chi connectivity index (χ3n) is 3.77. The summed E-state index contributed by atoms with van der Waals surface area (Å²) >= 11 is 0. The predicted octanol–water partition coefficient (Wildman–Crippen LogP) is 0.307. The molecule has 112 valence electrons. The van der Waals surface area contributed by atoms with Gasteiger partial charge in [0.2, 0.25) is 11.8 Å². The number of nitrogens with zero attached hydrogens (tertiary/aromatic N) is 4. The van der Waals surface area contributed by atoms with E-state index in [1.165, 1.54) is 0 Å². The molecular formula is C14H18N4O3. The Morgan fingerprint density at radius 3 is 3.00 bits per heavy atom. The first-order chi connectivity index (χ1) is 10.3. The Labute approximate surface area is 122 Å². The van der Waals surface area contributed by atoms with E-state index >= 15 is 0 Å². The number of hydrogen-bond donors (Lipinski definition) is 2. The van der Waals surface area contributed by atoms with Crippen molar-refractivity contribution in [1.82, 2.24) is 20.1 Å². The molecule has 0 amide bonds. The van der Waals surface area contributed by atoms with Gasteiger partial charge in [0, 0.05) is 31.5 Å². The van der Waals surface area contributed by atoms with Crippen LogP contribution in [0.25, 0.3) is 11.5 Å². The van der Waals surface area contributed by atoms with Crippen molar-refractivity contribution in [1.29, 1.82) is 0 Å². The highest BCUT2D eigenvalue weighted by Gasteiger charge is 2.27. The number of rotatable bonds is 4. The Bertz CT molecular complexity index is 575.